The summed E-state index contributed by atoms with van der Waals surface area (Å²) >= 11 is 0. The number of aromatic nitrogens is 1. The molecule has 0 unspecified atom stereocenters. The van der Waals surface area contributed by atoms with Crippen LogP contribution < -0.4 is 16.8 Å². The van der Waals surface area contributed by atoms with Gasteiger partial charge < -0.3 is 31.4 Å². The number of carbonyl (C=O) groups is 4. The number of rotatable bonds is 7. The van der Waals surface area contributed by atoms with Gasteiger partial charge in [-0.3, -0.25) is 14.4 Å². The molecule has 0 bridgehead atoms. The summed E-state index contributed by atoms with van der Waals surface area (Å²) in [5.74, 6) is -1.79. The first-order chi connectivity index (χ1) is 16.7. The van der Waals surface area contributed by atoms with E-state index in [0.717, 1.165) is 22.2 Å². The lowest BCUT2D eigenvalue weighted by Crippen LogP contribution is -2.65. The van der Waals surface area contributed by atoms with Crippen LogP contribution in [0.15, 0.2) is 24.3 Å². The van der Waals surface area contributed by atoms with Gasteiger partial charge in [0.2, 0.25) is 11.8 Å². The number of hydrogen-bond acceptors (Lipinski definition) is 5. The molecule has 0 saturated carbocycles. The molecule has 1 fully saturated rings. The minimum Gasteiger partial charge on any atom is -0.436 e. The van der Waals surface area contributed by atoms with E-state index in [1.165, 1.54) is 4.90 Å². The molecule has 6 N–H and O–H groups in total. The van der Waals surface area contributed by atoms with Crippen molar-refractivity contribution in [2.45, 2.75) is 70.1 Å². The third-order valence-electron chi connectivity index (χ3n) is 7.46. The number of amides is 4. The second-order valence-electron chi connectivity index (χ2n) is 9.68. The smallest absolute Gasteiger partial charge is 0.405 e. The third-order valence-corrected chi connectivity index (χ3v) is 7.46. The Morgan fingerprint density at radius 1 is 1.26 bits per heavy atom. The highest BCUT2D eigenvalue weighted by molar-refractivity contribution is 5.97. The van der Waals surface area contributed by atoms with Gasteiger partial charge in [-0.05, 0) is 43.7 Å². The molecule has 4 rings (SSSR count). The van der Waals surface area contributed by atoms with Crippen molar-refractivity contribution >= 4 is 34.7 Å². The molecule has 10 nitrogen and oxygen atoms in total. The average Bonchev–Trinajstić information content (AvgIpc) is 3.46. The van der Waals surface area contributed by atoms with Gasteiger partial charge in [0.15, 0.2) is 6.10 Å². The number of nitrogens with two attached hydrogens (primary N) is 2. The Kier molecular flexibility index (Phi) is 6.73. The zero-order valence-corrected chi connectivity index (χ0v) is 20.1. The zero-order valence-electron chi connectivity index (χ0n) is 20.1. The second-order valence-corrected chi connectivity index (χ2v) is 9.68. The molecule has 1 aromatic carbocycles. The molecular formula is C25H33N5O5. The van der Waals surface area contributed by atoms with Crippen LogP contribution in [-0.4, -0.2) is 57.9 Å². The number of aryl methyl sites for hydroxylation is 1. The van der Waals surface area contributed by atoms with Crippen LogP contribution in [0, 0.1) is 5.92 Å². The number of H-pyrrole nitrogens is 1. The first kappa shape index (κ1) is 24.6. The number of benzene rings is 1. The van der Waals surface area contributed by atoms with Gasteiger partial charge in [0.05, 0.1) is 0 Å². The first-order valence-electron chi connectivity index (χ1n) is 12.1. The van der Waals surface area contributed by atoms with E-state index in [9.17, 15) is 19.2 Å². The van der Waals surface area contributed by atoms with Gasteiger partial charge in [0.25, 0.3) is 5.91 Å². The quantitative estimate of drug-likeness (QED) is 0.469. The molecule has 4 atom stereocenters. The molecule has 1 aliphatic heterocycles. The number of nitrogens with zero attached hydrogens (tertiary/aromatic N) is 1. The predicted octanol–water partition coefficient (Wildman–Crippen LogP) is 1.50. The lowest BCUT2D eigenvalue weighted by atomic mass is 9.78. The molecule has 2 aliphatic rings. The largest absolute Gasteiger partial charge is 0.436 e. The number of aromatic amines is 1. The maximum absolute atomic E-state index is 14.1. The Labute approximate surface area is 203 Å². The number of likely N-dealkylation sites (tertiary alicyclic amines) is 1. The molecule has 188 valence electrons. The van der Waals surface area contributed by atoms with Crippen LogP contribution in [0.5, 0.6) is 0 Å². The van der Waals surface area contributed by atoms with E-state index in [0.29, 0.717) is 38.6 Å². The van der Waals surface area contributed by atoms with E-state index in [4.69, 9.17) is 16.2 Å². The standard InChI is InChI=1S/C25H33N5O5/c1-3-14(2)20(35-24(27)34)22(32)29-25(23(33)30-12-6-9-19(30)21(26)31)11-10-18-16(13-25)15-7-4-5-8-17(15)28-18/h4-5,7-8,14,19-20,28H,3,6,9-13H2,1-2H3,(H2,26,31)(H2,27,34)(H,29,32)/t14-,19-,20-,25+/m0/s1. The van der Waals surface area contributed by atoms with Crippen LogP contribution in [0.4, 0.5) is 4.79 Å². The maximum atomic E-state index is 14.1. The molecule has 1 aromatic heterocycles. The normalized spacial score (nSPS) is 23.4. The topological polar surface area (TPSA) is 161 Å². The number of nitrogens with one attached hydrogen (secondary N) is 2. The fraction of sp³-hybridized carbons (Fsp3) is 0.520. The fourth-order valence-electron chi connectivity index (χ4n) is 5.40. The maximum Gasteiger partial charge on any atom is 0.405 e. The first-order valence-corrected chi connectivity index (χ1v) is 12.1. The van der Waals surface area contributed by atoms with E-state index < -0.39 is 35.6 Å². The lowest BCUT2D eigenvalue weighted by molar-refractivity contribution is -0.148. The highest BCUT2D eigenvalue weighted by atomic mass is 16.6. The van der Waals surface area contributed by atoms with Crippen molar-refractivity contribution in [2.75, 3.05) is 6.54 Å². The molecule has 4 amide bonds. The highest BCUT2D eigenvalue weighted by Gasteiger charge is 2.50. The van der Waals surface area contributed by atoms with Crippen molar-refractivity contribution in [3.63, 3.8) is 0 Å². The molecule has 10 heteroatoms. The van der Waals surface area contributed by atoms with E-state index in [1.54, 1.807) is 6.92 Å². The van der Waals surface area contributed by atoms with Gasteiger partial charge in [-0.1, -0.05) is 32.0 Å². The van der Waals surface area contributed by atoms with Gasteiger partial charge in [-0.25, -0.2) is 4.79 Å². The summed E-state index contributed by atoms with van der Waals surface area (Å²) in [6.45, 7) is 4.04. The lowest BCUT2D eigenvalue weighted by Gasteiger charge is -2.41. The number of hydrogen-bond donors (Lipinski definition) is 4. The monoisotopic (exact) mass is 483 g/mol. The number of carbonyl (C=O) groups excluding carboxylic acids is 4. The van der Waals surface area contributed by atoms with E-state index in [1.807, 2.05) is 31.2 Å². The Hall–Kier alpha value is -3.56. The van der Waals surface area contributed by atoms with Crippen molar-refractivity contribution in [3.8, 4) is 0 Å². The summed E-state index contributed by atoms with van der Waals surface area (Å²) in [5.41, 5.74) is 12.4. The molecule has 0 radical (unpaired) electrons. The Bertz CT molecular complexity index is 1160. The summed E-state index contributed by atoms with van der Waals surface area (Å²) in [6, 6.07) is 7.10. The molecule has 35 heavy (non-hydrogen) atoms. The van der Waals surface area contributed by atoms with Crippen molar-refractivity contribution in [3.05, 3.63) is 35.5 Å². The summed E-state index contributed by atoms with van der Waals surface area (Å²) < 4.78 is 5.16. The molecule has 1 aliphatic carbocycles. The molecule has 0 spiro atoms. The van der Waals surface area contributed by atoms with E-state index in [2.05, 4.69) is 10.3 Å². The van der Waals surface area contributed by atoms with Crippen LogP contribution in [0.3, 0.4) is 0 Å². The third kappa shape index (κ3) is 4.56. The van der Waals surface area contributed by atoms with Crippen LogP contribution in [-0.2, 0) is 32.0 Å². The van der Waals surface area contributed by atoms with Gasteiger partial charge in [0.1, 0.15) is 11.6 Å². The molecular weight excluding hydrogens is 450 g/mol. The average molecular weight is 484 g/mol. The van der Waals surface area contributed by atoms with E-state index >= 15 is 0 Å². The summed E-state index contributed by atoms with van der Waals surface area (Å²) in [6.07, 6.45) is 0.598. The van der Waals surface area contributed by atoms with Crippen molar-refractivity contribution in [2.24, 2.45) is 17.4 Å². The predicted molar refractivity (Wildman–Crippen MR) is 129 cm³/mol. The molecule has 1 saturated heterocycles. The molecule has 2 aromatic rings. The zero-order chi connectivity index (χ0) is 25.3. The summed E-state index contributed by atoms with van der Waals surface area (Å²) in [7, 11) is 0. The SMILES string of the molecule is CC[C@H](C)[C@H](OC(N)=O)C(=O)N[C@]1(C(=O)N2CCC[C@H]2C(N)=O)CCc2[nH]c3ccccc3c2C1. The highest BCUT2D eigenvalue weighted by Crippen LogP contribution is 2.36. The molecule has 2 heterocycles. The van der Waals surface area contributed by atoms with Crippen LogP contribution in [0.1, 0.15) is 50.8 Å². The second kappa shape index (κ2) is 9.59. The Balaban J connectivity index is 1.74. The van der Waals surface area contributed by atoms with Crippen LogP contribution >= 0.6 is 0 Å². The minimum atomic E-state index is -1.32. The fourth-order valence-corrected chi connectivity index (χ4v) is 5.40. The van der Waals surface area contributed by atoms with Crippen molar-refractivity contribution < 1.29 is 23.9 Å². The summed E-state index contributed by atoms with van der Waals surface area (Å²) in [4.78, 5) is 56.1. The Morgan fingerprint density at radius 3 is 2.69 bits per heavy atom. The van der Waals surface area contributed by atoms with Crippen molar-refractivity contribution in [1.29, 1.82) is 0 Å². The summed E-state index contributed by atoms with van der Waals surface area (Å²) in [5, 5.41) is 3.94. The van der Waals surface area contributed by atoms with Gasteiger partial charge in [-0.2, -0.15) is 0 Å². The number of ether oxygens (including phenoxy) is 1. The van der Waals surface area contributed by atoms with Gasteiger partial charge >= 0.3 is 6.09 Å². The van der Waals surface area contributed by atoms with Crippen molar-refractivity contribution in [1.82, 2.24) is 15.2 Å². The van der Waals surface area contributed by atoms with E-state index in [-0.39, 0.29) is 18.2 Å². The number of primary amides is 2. The van der Waals surface area contributed by atoms with Crippen LogP contribution in [0.2, 0.25) is 0 Å². The minimum absolute atomic E-state index is 0.239. The Morgan fingerprint density at radius 2 is 2.00 bits per heavy atom. The van der Waals surface area contributed by atoms with Gasteiger partial charge in [0, 0.05) is 35.5 Å². The van der Waals surface area contributed by atoms with Crippen LogP contribution in [0.25, 0.3) is 10.9 Å². The number of fused-ring (bicyclic) bond motifs is 3. The van der Waals surface area contributed by atoms with Gasteiger partial charge in [-0.15, -0.1) is 0 Å². The number of para-hydroxylation sites is 1.